The minimum atomic E-state index is 0.301. The monoisotopic (exact) mass is 285 g/mol. The summed E-state index contributed by atoms with van der Waals surface area (Å²) >= 11 is 0. The van der Waals surface area contributed by atoms with Gasteiger partial charge in [0, 0.05) is 26.2 Å². The second-order valence-corrected chi connectivity index (χ2v) is 6.32. The van der Waals surface area contributed by atoms with Gasteiger partial charge in [0.05, 0.1) is 12.7 Å². The average molecular weight is 285 g/mol. The molecule has 3 heteroatoms. The summed E-state index contributed by atoms with van der Waals surface area (Å²) in [4.78, 5) is 2.45. The Bertz CT molecular complexity index is 223. The molecule has 1 aliphatic heterocycles. The van der Waals surface area contributed by atoms with Crippen LogP contribution in [0.25, 0.3) is 0 Å². The molecule has 0 saturated carbocycles. The Hall–Kier alpha value is -0.120. The van der Waals surface area contributed by atoms with Crippen molar-refractivity contribution in [3.8, 4) is 0 Å². The van der Waals surface area contributed by atoms with Crippen molar-refractivity contribution < 1.29 is 9.84 Å². The van der Waals surface area contributed by atoms with Gasteiger partial charge in [-0.2, -0.15) is 0 Å². The number of aliphatic hydroxyl groups excluding tert-OH is 1. The molecular formula is C17H35NO2. The zero-order chi connectivity index (χ0) is 14.6. The molecule has 0 radical (unpaired) electrons. The maximum Gasteiger partial charge on any atom is 0.0728 e. The Labute approximate surface area is 125 Å². The molecule has 120 valence electrons. The fourth-order valence-electron chi connectivity index (χ4n) is 3.01. The van der Waals surface area contributed by atoms with Crippen molar-refractivity contribution in [2.75, 3.05) is 32.8 Å². The summed E-state index contributed by atoms with van der Waals surface area (Å²) in [6.07, 6.45) is 10.8. The molecule has 0 aromatic heterocycles. The van der Waals surface area contributed by atoms with E-state index in [-0.39, 0.29) is 0 Å². The van der Waals surface area contributed by atoms with Gasteiger partial charge in [-0.3, -0.25) is 4.90 Å². The standard InChI is InChI=1S/C17H35NO2/c1-3-4-5-6-7-8-10-16(2)17-15-18(11-9-13-19)12-14-20-17/h16-17,19H,3-15H2,1-2H3. The molecule has 0 aromatic rings. The summed E-state index contributed by atoms with van der Waals surface area (Å²) < 4.78 is 5.94. The largest absolute Gasteiger partial charge is 0.396 e. The van der Waals surface area contributed by atoms with Crippen LogP contribution in [0.2, 0.25) is 0 Å². The highest BCUT2D eigenvalue weighted by Crippen LogP contribution is 2.20. The van der Waals surface area contributed by atoms with Gasteiger partial charge in [-0.1, -0.05) is 52.4 Å². The third-order valence-corrected chi connectivity index (χ3v) is 4.46. The van der Waals surface area contributed by atoms with Crippen LogP contribution in [0.4, 0.5) is 0 Å². The number of nitrogens with zero attached hydrogens (tertiary/aromatic N) is 1. The molecule has 0 spiro atoms. The number of aliphatic hydroxyl groups is 1. The highest BCUT2D eigenvalue weighted by molar-refractivity contribution is 4.76. The zero-order valence-corrected chi connectivity index (χ0v) is 13.6. The van der Waals surface area contributed by atoms with E-state index >= 15 is 0 Å². The Balaban J connectivity index is 2.10. The molecule has 3 nitrogen and oxygen atoms in total. The molecule has 1 heterocycles. The van der Waals surface area contributed by atoms with Crippen molar-refractivity contribution >= 4 is 0 Å². The van der Waals surface area contributed by atoms with Crippen molar-refractivity contribution in [2.45, 2.75) is 71.3 Å². The minimum absolute atomic E-state index is 0.301. The van der Waals surface area contributed by atoms with Gasteiger partial charge in [0.15, 0.2) is 0 Å². The number of hydrogen-bond donors (Lipinski definition) is 1. The van der Waals surface area contributed by atoms with Crippen molar-refractivity contribution in [1.82, 2.24) is 4.90 Å². The molecule has 1 N–H and O–H groups in total. The summed E-state index contributed by atoms with van der Waals surface area (Å²) in [5.74, 6) is 0.665. The van der Waals surface area contributed by atoms with E-state index in [0.29, 0.717) is 18.6 Å². The van der Waals surface area contributed by atoms with Gasteiger partial charge < -0.3 is 9.84 Å². The molecular weight excluding hydrogens is 250 g/mol. The molecule has 2 unspecified atom stereocenters. The molecule has 1 saturated heterocycles. The van der Waals surface area contributed by atoms with E-state index in [1.807, 2.05) is 0 Å². The lowest BCUT2D eigenvalue weighted by Gasteiger charge is -2.36. The van der Waals surface area contributed by atoms with Crippen LogP contribution < -0.4 is 0 Å². The Kier molecular flexibility index (Phi) is 10.3. The summed E-state index contributed by atoms with van der Waals surface area (Å²) in [5.41, 5.74) is 0. The number of morpholine rings is 1. The fourth-order valence-corrected chi connectivity index (χ4v) is 3.01. The van der Waals surface area contributed by atoms with Crippen LogP contribution in [-0.4, -0.2) is 49.0 Å². The quantitative estimate of drug-likeness (QED) is 0.590. The Morgan fingerprint density at radius 2 is 1.90 bits per heavy atom. The molecule has 0 aliphatic carbocycles. The lowest BCUT2D eigenvalue weighted by atomic mass is 9.95. The van der Waals surface area contributed by atoms with E-state index in [1.165, 1.54) is 44.9 Å². The molecule has 2 atom stereocenters. The van der Waals surface area contributed by atoms with Gasteiger partial charge in [0.2, 0.25) is 0 Å². The van der Waals surface area contributed by atoms with Crippen molar-refractivity contribution in [2.24, 2.45) is 5.92 Å². The molecule has 1 aliphatic rings. The fraction of sp³-hybridized carbons (Fsp3) is 1.00. The molecule has 20 heavy (non-hydrogen) atoms. The number of ether oxygens (including phenoxy) is 1. The van der Waals surface area contributed by atoms with E-state index in [4.69, 9.17) is 9.84 Å². The molecule has 1 rings (SSSR count). The van der Waals surface area contributed by atoms with Gasteiger partial charge in [0.25, 0.3) is 0 Å². The normalized spacial score (nSPS) is 22.1. The van der Waals surface area contributed by atoms with E-state index in [1.54, 1.807) is 0 Å². The zero-order valence-electron chi connectivity index (χ0n) is 13.6. The summed E-state index contributed by atoms with van der Waals surface area (Å²) in [6.45, 7) is 8.86. The van der Waals surface area contributed by atoms with Crippen LogP contribution in [0.3, 0.4) is 0 Å². The van der Waals surface area contributed by atoms with E-state index in [0.717, 1.165) is 32.7 Å². The highest BCUT2D eigenvalue weighted by atomic mass is 16.5. The average Bonchev–Trinajstić information content (AvgIpc) is 2.48. The van der Waals surface area contributed by atoms with Gasteiger partial charge in [0.1, 0.15) is 0 Å². The highest BCUT2D eigenvalue weighted by Gasteiger charge is 2.24. The molecule has 0 bridgehead atoms. The topological polar surface area (TPSA) is 32.7 Å². The van der Waals surface area contributed by atoms with Crippen molar-refractivity contribution in [1.29, 1.82) is 0 Å². The van der Waals surface area contributed by atoms with Crippen LogP contribution >= 0.6 is 0 Å². The maximum absolute atomic E-state index is 8.92. The van der Waals surface area contributed by atoms with Gasteiger partial charge in [-0.25, -0.2) is 0 Å². The van der Waals surface area contributed by atoms with E-state index in [2.05, 4.69) is 18.7 Å². The summed E-state index contributed by atoms with van der Waals surface area (Å²) in [5, 5.41) is 8.92. The minimum Gasteiger partial charge on any atom is -0.396 e. The van der Waals surface area contributed by atoms with Crippen molar-refractivity contribution in [3.05, 3.63) is 0 Å². The molecule has 0 amide bonds. The summed E-state index contributed by atoms with van der Waals surface area (Å²) in [6, 6.07) is 0. The number of unbranched alkanes of at least 4 members (excludes halogenated alkanes) is 5. The van der Waals surface area contributed by atoms with Crippen LogP contribution in [0.5, 0.6) is 0 Å². The first-order chi connectivity index (χ1) is 9.77. The second-order valence-electron chi connectivity index (χ2n) is 6.32. The predicted molar refractivity (Wildman–Crippen MR) is 85.0 cm³/mol. The maximum atomic E-state index is 8.92. The lowest BCUT2D eigenvalue weighted by Crippen LogP contribution is -2.45. The number of hydrogen-bond acceptors (Lipinski definition) is 3. The lowest BCUT2D eigenvalue weighted by molar-refractivity contribution is -0.0567. The van der Waals surface area contributed by atoms with E-state index < -0.39 is 0 Å². The Morgan fingerprint density at radius 1 is 1.15 bits per heavy atom. The first-order valence-corrected chi connectivity index (χ1v) is 8.72. The second kappa shape index (κ2) is 11.5. The smallest absolute Gasteiger partial charge is 0.0728 e. The van der Waals surface area contributed by atoms with Gasteiger partial charge in [-0.15, -0.1) is 0 Å². The van der Waals surface area contributed by atoms with Gasteiger partial charge in [-0.05, 0) is 18.8 Å². The summed E-state index contributed by atoms with van der Waals surface area (Å²) in [7, 11) is 0. The van der Waals surface area contributed by atoms with E-state index in [9.17, 15) is 0 Å². The third-order valence-electron chi connectivity index (χ3n) is 4.46. The third kappa shape index (κ3) is 7.61. The molecule has 1 fully saturated rings. The SMILES string of the molecule is CCCCCCCCC(C)C1CN(CCCO)CCO1. The first-order valence-electron chi connectivity index (χ1n) is 8.72. The first kappa shape index (κ1) is 17.9. The van der Waals surface area contributed by atoms with Crippen LogP contribution in [-0.2, 0) is 4.74 Å². The van der Waals surface area contributed by atoms with Crippen LogP contribution in [0, 0.1) is 5.92 Å². The number of rotatable bonds is 11. The van der Waals surface area contributed by atoms with Crippen LogP contribution in [0.15, 0.2) is 0 Å². The molecule has 0 aromatic carbocycles. The van der Waals surface area contributed by atoms with Crippen LogP contribution in [0.1, 0.15) is 65.2 Å². The Morgan fingerprint density at radius 3 is 2.65 bits per heavy atom. The van der Waals surface area contributed by atoms with Gasteiger partial charge >= 0.3 is 0 Å². The van der Waals surface area contributed by atoms with Crippen molar-refractivity contribution in [3.63, 3.8) is 0 Å². The predicted octanol–water partition coefficient (Wildman–Crippen LogP) is 3.46.